The first-order valence-corrected chi connectivity index (χ1v) is 8.29. The Balaban J connectivity index is 1.73. The van der Waals surface area contributed by atoms with Crippen molar-refractivity contribution in [2.24, 2.45) is 5.41 Å². The molecular formula is C18H28N2. The van der Waals surface area contributed by atoms with Gasteiger partial charge in [-0.1, -0.05) is 32.0 Å². The first-order chi connectivity index (χ1) is 9.76. The molecule has 0 bridgehead atoms. The molecule has 3 rings (SSSR count). The first-order valence-electron chi connectivity index (χ1n) is 8.29. The van der Waals surface area contributed by atoms with Crippen LogP contribution in [0.4, 0.5) is 0 Å². The molecule has 0 aromatic heterocycles. The molecule has 2 heterocycles. The van der Waals surface area contributed by atoms with Crippen molar-refractivity contribution in [3.8, 4) is 0 Å². The minimum atomic E-state index is 0.594. The van der Waals surface area contributed by atoms with E-state index in [1.54, 1.807) is 11.1 Å². The van der Waals surface area contributed by atoms with Gasteiger partial charge in [0.2, 0.25) is 0 Å². The summed E-state index contributed by atoms with van der Waals surface area (Å²) in [5.41, 5.74) is 5.31. The summed E-state index contributed by atoms with van der Waals surface area (Å²) in [4.78, 5) is 2.69. The van der Waals surface area contributed by atoms with Crippen LogP contribution >= 0.6 is 0 Å². The van der Waals surface area contributed by atoms with Crippen molar-refractivity contribution in [1.29, 1.82) is 0 Å². The number of benzene rings is 1. The molecule has 20 heavy (non-hydrogen) atoms. The Labute approximate surface area is 123 Å². The molecule has 1 aromatic rings. The maximum atomic E-state index is 3.48. The standard InChI is InChI=1S/C18H28N2/c1-3-18(4-2)9-11-20(14-18)13-16-7-5-6-15-12-19-10-8-17(15)16/h5-7,19H,3-4,8-14H2,1-2H3. The second-order valence-electron chi connectivity index (χ2n) is 6.65. The van der Waals surface area contributed by atoms with Gasteiger partial charge in [0.25, 0.3) is 0 Å². The topological polar surface area (TPSA) is 15.3 Å². The van der Waals surface area contributed by atoms with Crippen molar-refractivity contribution in [3.05, 3.63) is 34.9 Å². The lowest BCUT2D eigenvalue weighted by Crippen LogP contribution is -2.28. The number of nitrogens with zero attached hydrogens (tertiary/aromatic N) is 1. The van der Waals surface area contributed by atoms with E-state index in [9.17, 15) is 0 Å². The van der Waals surface area contributed by atoms with Crippen LogP contribution in [-0.4, -0.2) is 24.5 Å². The van der Waals surface area contributed by atoms with Gasteiger partial charge in [-0.25, -0.2) is 0 Å². The fourth-order valence-corrected chi connectivity index (χ4v) is 3.99. The van der Waals surface area contributed by atoms with Crippen molar-refractivity contribution >= 4 is 0 Å². The van der Waals surface area contributed by atoms with Gasteiger partial charge in [-0.15, -0.1) is 0 Å². The van der Waals surface area contributed by atoms with Gasteiger partial charge in [0.1, 0.15) is 0 Å². The number of fused-ring (bicyclic) bond motifs is 1. The van der Waals surface area contributed by atoms with Crippen LogP contribution in [0.15, 0.2) is 18.2 Å². The van der Waals surface area contributed by atoms with Crippen LogP contribution < -0.4 is 5.32 Å². The van der Waals surface area contributed by atoms with Crippen molar-refractivity contribution in [2.75, 3.05) is 19.6 Å². The van der Waals surface area contributed by atoms with E-state index < -0.39 is 0 Å². The van der Waals surface area contributed by atoms with Crippen LogP contribution in [0.2, 0.25) is 0 Å². The zero-order valence-electron chi connectivity index (χ0n) is 13.0. The molecular weight excluding hydrogens is 244 g/mol. The molecule has 1 fully saturated rings. The highest BCUT2D eigenvalue weighted by molar-refractivity contribution is 5.37. The van der Waals surface area contributed by atoms with E-state index in [-0.39, 0.29) is 0 Å². The third kappa shape index (κ3) is 2.64. The molecule has 2 aliphatic rings. The first kappa shape index (κ1) is 14.1. The van der Waals surface area contributed by atoms with Crippen molar-refractivity contribution in [2.45, 2.75) is 52.6 Å². The predicted molar refractivity (Wildman–Crippen MR) is 84.8 cm³/mol. The molecule has 110 valence electrons. The lowest BCUT2D eigenvalue weighted by atomic mass is 9.82. The molecule has 2 heteroatoms. The summed E-state index contributed by atoms with van der Waals surface area (Å²) in [5.74, 6) is 0. The maximum absolute atomic E-state index is 3.48. The van der Waals surface area contributed by atoms with Gasteiger partial charge in [0.05, 0.1) is 0 Å². The van der Waals surface area contributed by atoms with Crippen LogP contribution in [0.1, 0.15) is 49.8 Å². The SMILES string of the molecule is CCC1(CC)CCN(Cc2cccc3c2CCNC3)C1. The Bertz CT molecular complexity index is 462. The molecule has 1 saturated heterocycles. The molecule has 0 radical (unpaired) electrons. The van der Waals surface area contributed by atoms with Gasteiger partial charge in [0, 0.05) is 19.6 Å². The quantitative estimate of drug-likeness (QED) is 0.904. The van der Waals surface area contributed by atoms with Crippen LogP contribution in [0.25, 0.3) is 0 Å². The van der Waals surface area contributed by atoms with Crippen molar-refractivity contribution < 1.29 is 0 Å². The smallest absolute Gasteiger partial charge is 0.0236 e. The largest absolute Gasteiger partial charge is 0.312 e. The normalized spacial score (nSPS) is 21.9. The van der Waals surface area contributed by atoms with Gasteiger partial charge in [-0.3, -0.25) is 4.90 Å². The molecule has 1 N–H and O–H groups in total. The Morgan fingerprint density at radius 1 is 1.25 bits per heavy atom. The van der Waals surface area contributed by atoms with E-state index >= 15 is 0 Å². The average Bonchev–Trinajstić information content (AvgIpc) is 2.92. The molecule has 0 amide bonds. The van der Waals surface area contributed by atoms with Gasteiger partial charge in [-0.2, -0.15) is 0 Å². The minimum Gasteiger partial charge on any atom is -0.312 e. The number of likely N-dealkylation sites (tertiary alicyclic amines) is 1. The van der Waals surface area contributed by atoms with Crippen LogP contribution in [0.5, 0.6) is 0 Å². The van der Waals surface area contributed by atoms with Crippen molar-refractivity contribution in [1.82, 2.24) is 10.2 Å². The summed E-state index contributed by atoms with van der Waals surface area (Å²) in [7, 11) is 0. The molecule has 0 aliphatic carbocycles. The van der Waals surface area contributed by atoms with Crippen LogP contribution in [0, 0.1) is 5.41 Å². The van der Waals surface area contributed by atoms with E-state index in [0.29, 0.717) is 5.41 Å². The summed E-state index contributed by atoms with van der Waals surface area (Å²) >= 11 is 0. The number of hydrogen-bond donors (Lipinski definition) is 1. The Morgan fingerprint density at radius 3 is 2.85 bits per heavy atom. The summed E-state index contributed by atoms with van der Waals surface area (Å²) in [5, 5.41) is 3.48. The Hall–Kier alpha value is -0.860. The second kappa shape index (κ2) is 5.87. The van der Waals surface area contributed by atoms with E-state index in [1.807, 2.05) is 0 Å². The van der Waals surface area contributed by atoms with E-state index in [4.69, 9.17) is 0 Å². The predicted octanol–water partition coefficient (Wildman–Crippen LogP) is 3.34. The number of nitrogens with one attached hydrogen (secondary N) is 1. The highest BCUT2D eigenvalue weighted by atomic mass is 15.2. The van der Waals surface area contributed by atoms with E-state index in [0.717, 1.165) is 19.6 Å². The monoisotopic (exact) mass is 272 g/mol. The van der Waals surface area contributed by atoms with Crippen LogP contribution in [-0.2, 0) is 19.5 Å². The lowest BCUT2D eigenvalue weighted by molar-refractivity contribution is 0.236. The summed E-state index contributed by atoms with van der Waals surface area (Å²) in [6.45, 7) is 10.7. The van der Waals surface area contributed by atoms with E-state index in [2.05, 4.69) is 42.3 Å². The summed E-state index contributed by atoms with van der Waals surface area (Å²) in [6, 6.07) is 6.88. The highest BCUT2D eigenvalue weighted by Crippen LogP contribution is 2.37. The van der Waals surface area contributed by atoms with Crippen LogP contribution in [0.3, 0.4) is 0 Å². The van der Waals surface area contributed by atoms with Crippen molar-refractivity contribution in [3.63, 3.8) is 0 Å². The molecule has 2 aliphatic heterocycles. The fraction of sp³-hybridized carbons (Fsp3) is 0.667. The average molecular weight is 272 g/mol. The second-order valence-corrected chi connectivity index (χ2v) is 6.65. The van der Waals surface area contributed by atoms with E-state index in [1.165, 1.54) is 44.3 Å². The summed E-state index contributed by atoms with van der Waals surface area (Å²) < 4.78 is 0. The number of hydrogen-bond acceptors (Lipinski definition) is 2. The molecule has 0 atom stereocenters. The van der Waals surface area contributed by atoms with Gasteiger partial charge in [0.15, 0.2) is 0 Å². The number of rotatable bonds is 4. The third-order valence-electron chi connectivity index (χ3n) is 5.65. The van der Waals surface area contributed by atoms with Gasteiger partial charge >= 0.3 is 0 Å². The Kier molecular flexibility index (Phi) is 4.13. The highest BCUT2D eigenvalue weighted by Gasteiger charge is 2.34. The zero-order valence-corrected chi connectivity index (χ0v) is 13.0. The third-order valence-corrected chi connectivity index (χ3v) is 5.65. The summed E-state index contributed by atoms with van der Waals surface area (Å²) in [6.07, 6.45) is 5.25. The maximum Gasteiger partial charge on any atom is 0.0236 e. The molecule has 1 aromatic carbocycles. The molecule has 0 saturated carbocycles. The molecule has 0 spiro atoms. The fourth-order valence-electron chi connectivity index (χ4n) is 3.99. The lowest BCUT2D eigenvalue weighted by Gasteiger charge is -2.27. The van der Waals surface area contributed by atoms with Gasteiger partial charge in [-0.05, 0) is 60.9 Å². The zero-order chi connectivity index (χ0) is 14.0. The minimum absolute atomic E-state index is 0.594. The Morgan fingerprint density at radius 2 is 2.10 bits per heavy atom. The molecule has 0 unspecified atom stereocenters. The van der Waals surface area contributed by atoms with Gasteiger partial charge < -0.3 is 5.32 Å². The molecule has 2 nitrogen and oxygen atoms in total.